The number of carbonyl (C=O) groups is 1. The van der Waals surface area contributed by atoms with E-state index >= 15 is 0 Å². The number of para-hydroxylation sites is 1. The molecule has 1 amide bonds. The van der Waals surface area contributed by atoms with Crippen molar-refractivity contribution in [1.82, 2.24) is 9.88 Å². The molecular formula is C21H20N2O2. The number of aryl methyl sites for hydroxylation is 2. The van der Waals surface area contributed by atoms with E-state index in [4.69, 9.17) is 9.72 Å². The first-order valence-electron chi connectivity index (χ1n) is 8.50. The van der Waals surface area contributed by atoms with Crippen molar-refractivity contribution in [2.45, 2.75) is 20.4 Å². The number of hydrogen-bond donors (Lipinski definition) is 0. The van der Waals surface area contributed by atoms with E-state index in [1.54, 1.807) is 0 Å². The highest BCUT2D eigenvalue weighted by atomic mass is 16.5. The van der Waals surface area contributed by atoms with Crippen molar-refractivity contribution in [2.24, 2.45) is 0 Å². The molecular weight excluding hydrogens is 312 g/mol. The van der Waals surface area contributed by atoms with Gasteiger partial charge in [0, 0.05) is 16.5 Å². The van der Waals surface area contributed by atoms with E-state index in [1.165, 1.54) is 0 Å². The third kappa shape index (κ3) is 2.84. The van der Waals surface area contributed by atoms with Crippen molar-refractivity contribution < 1.29 is 9.53 Å². The largest absolute Gasteiger partial charge is 0.476 e. The van der Waals surface area contributed by atoms with Gasteiger partial charge in [0.1, 0.15) is 6.61 Å². The Morgan fingerprint density at radius 1 is 1.08 bits per heavy atom. The highest BCUT2D eigenvalue weighted by molar-refractivity contribution is 5.95. The van der Waals surface area contributed by atoms with Crippen LogP contribution in [0, 0.1) is 13.8 Å². The van der Waals surface area contributed by atoms with Crippen LogP contribution < -0.4 is 4.74 Å². The maximum atomic E-state index is 13.0. The zero-order chi connectivity index (χ0) is 17.4. The molecule has 0 saturated carbocycles. The van der Waals surface area contributed by atoms with Gasteiger partial charge in [-0.1, -0.05) is 36.4 Å². The summed E-state index contributed by atoms with van der Waals surface area (Å²) < 4.78 is 5.85. The van der Waals surface area contributed by atoms with Gasteiger partial charge in [-0.15, -0.1) is 0 Å². The summed E-state index contributed by atoms with van der Waals surface area (Å²) in [6, 6.07) is 15.9. The molecule has 4 nitrogen and oxygen atoms in total. The minimum atomic E-state index is 0.0406. The number of carbonyl (C=O) groups excluding carboxylic acids is 1. The molecule has 2 aromatic carbocycles. The molecule has 0 bridgehead atoms. The highest BCUT2D eigenvalue weighted by Gasteiger charge is 2.23. The Morgan fingerprint density at radius 2 is 1.88 bits per heavy atom. The quantitative estimate of drug-likeness (QED) is 0.679. The number of nitrogens with zero attached hydrogens (tertiary/aromatic N) is 2. The summed E-state index contributed by atoms with van der Waals surface area (Å²) >= 11 is 0. The number of fused-ring (bicyclic) bond motifs is 2. The molecule has 3 aromatic rings. The molecule has 0 atom stereocenters. The minimum absolute atomic E-state index is 0.0406. The molecule has 1 aliphatic heterocycles. The first-order chi connectivity index (χ1) is 12.1. The van der Waals surface area contributed by atoms with Gasteiger partial charge in [0.15, 0.2) is 0 Å². The van der Waals surface area contributed by atoms with Gasteiger partial charge in [-0.05, 0) is 37.1 Å². The lowest BCUT2D eigenvalue weighted by Crippen LogP contribution is -2.32. The maximum Gasteiger partial charge on any atom is 0.254 e. The van der Waals surface area contributed by atoms with Crippen molar-refractivity contribution in [3.63, 3.8) is 0 Å². The second kappa shape index (κ2) is 6.20. The van der Waals surface area contributed by atoms with Crippen molar-refractivity contribution in [2.75, 3.05) is 13.2 Å². The van der Waals surface area contributed by atoms with Crippen LogP contribution in [0.25, 0.3) is 10.9 Å². The number of aromatic nitrogens is 1. The lowest BCUT2D eigenvalue weighted by atomic mass is 10.1. The Hall–Kier alpha value is -2.88. The number of benzene rings is 2. The molecule has 0 fully saturated rings. The average molecular weight is 332 g/mol. The van der Waals surface area contributed by atoms with Gasteiger partial charge >= 0.3 is 0 Å². The van der Waals surface area contributed by atoms with Gasteiger partial charge in [0.25, 0.3) is 5.91 Å². The van der Waals surface area contributed by atoms with Crippen LogP contribution in [0.1, 0.15) is 27.0 Å². The van der Waals surface area contributed by atoms with Crippen molar-refractivity contribution in [1.29, 1.82) is 0 Å². The minimum Gasteiger partial charge on any atom is -0.476 e. The molecule has 0 spiro atoms. The predicted octanol–water partition coefficient (Wildman–Crippen LogP) is 3.89. The second-order valence-corrected chi connectivity index (χ2v) is 6.49. The number of rotatable bonds is 1. The zero-order valence-corrected chi connectivity index (χ0v) is 14.5. The third-order valence-electron chi connectivity index (χ3n) is 4.71. The van der Waals surface area contributed by atoms with Gasteiger partial charge < -0.3 is 9.64 Å². The van der Waals surface area contributed by atoms with Crippen LogP contribution in [0.4, 0.5) is 0 Å². The number of pyridine rings is 1. The van der Waals surface area contributed by atoms with Crippen LogP contribution in [0.5, 0.6) is 5.88 Å². The van der Waals surface area contributed by atoms with Gasteiger partial charge in [-0.3, -0.25) is 4.79 Å². The molecule has 0 unspecified atom stereocenters. The Kier molecular flexibility index (Phi) is 3.88. The molecule has 0 saturated heterocycles. The van der Waals surface area contributed by atoms with E-state index in [0.717, 1.165) is 33.2 Å². The fourth-order valence-corrected chi connectivity index (χ4v) is 3.31. The highest BCUT2D eigenvalue weighted by Crippen LogP contribution is 2.28. The summed E-state index contributed by atoms with van der Waals surface area (Å²) in [5, 5.41) is 1.08. The topological polar surface area (TPSA) is 42.4 Å². The van der Waals surface area contributed by atoms with Gasteiger partial charge in [-0.2, -0.15) is 0 Å². The molecule has 1 aromatic heterocycles. The van der Waals surface area contributed by atoms with E-state index in [2.05, 4.69) is 6.07 Å². The van der Waals surface area contributed by atoms with E-state index in [1.807, 2.05) is 61.2 Å². The summed E-state index contributed by atoms with van der Waals surface area (Å²) in [5.41, 5.74) is 4.78. The van der Waals surface area contributed by atoms with E-state index in [0.29, 0.717) is 25.6 Å². The van der Waals surface area contributed by atoms with Crippen LogP contribution in [-0.2, 0) is 6.54 Å². The normalized spacial score (nSPS) is 13.9. The summed E-state index contributed by atoms with van der Waals surface area (Å²) in [6.45, 7) is 5.53. The zero-order valence-electron chi connectivity index (χ0n) is 14.5. The SMILES string of the molecule is Cc1ccccc1C(=O)N1CCOc2nc3c(C)cccc3cc2C1. The molecule has 25 heavy (non-hydrogen) atoms. The van der Waals surface area contributed by atoms with Crippen molar-refractivity contribution in [3.05, 3.63) is 70.8 Å². The Labute approximate surface area is 147 Å². The van der Waals surface area contributed by atoms with Crippen molar-refractivity contribution >= 4 is 16.8 Å². The maximum absolute atomic E-state index is 13.0. The summed E-state index contributed by atoms with van der Waals surface area (Å²) in [6.07, 6.45) is 0. The van der Waals surface area contributed by atoms with E-state index in [-0.39, 0.29) is 5.91 Å². The number of hydrogen-bond acceptors (Lipinski definition) is 3. The summed E-state index contributed by atoms with van der Waals surface area (Å²) in [4.78, 5) is 19.5. The van der Waals surface area contributed by atoms with Gasteiger partial charge in [0.2, 0.25) is 5.88 Å². The molecule has 0 radical (unpaired) electrons. The first kappa shape index (κ1) is 15.6. The van der Waals surface area contributed by atoms with Crippen LogP contribution in [0.3, 0.4) is 0 Å². The number of ether oxygens (including phenoxy) is 1. The summed E-state index contributed by atoms with van der Waals surface area (Å²) in [5.74, 6) is 0.681. The van der Waals surface area contributed by atoms with Crippen LogP contribution in [0.2, 0.25) is 0 Å². The molecule has 1 aliphatic rings. The van der Waals surface area contributed by atoms with Crippen LogP contribution in [-0.4, -0.2) is 28.9 Å². The molecule has 4 heteroatoms. The summed E-state index contributed by atoms with van der Waals surface area (Å²) in [7, 11) is 0. The van der Waals surface area contributed by atoms with Crippen LogP contribution >= 0.6 is 0 Å². The third-order valence-corrected chi connectivity index (χ3v) is 4.71. The molecule has 4 rings (SSSR count). The van der Waals surface area contributed by atoms with E-state index in [9.17, 15) is 4.79 Å². The molecule has 0 aliphatic carbocycles. The smallest absolute Gasteiger partial charge is 0.254 e. The Bertz CT molecular complexity index is 965. The molecule has 2 heterocycles. The van der Waals surface area contributed by atoms with E-state index < -0.39 is 0 Å². The van der Waals surface area contributed by atoms with Gasteiger partial charge in [0.05, 0.1) is 18.6 Å². The lowest BCUT2D eigenvalue weighted by Gasteiger charge is -2.20. The fourth-order valence-electron chi connectivity index (χ4n) is 3.31. The molecule has 0 N–H and O–H groups in total. The Morgan fingerprint density at radius 3 is 2.72 bits per heavy atom. The predicted molar refractivity (Wildman–Crippen MR) is 97.9 cm³/mol. The number of amides is 1. The van der Waals surface area contributed by atoms with Crippen LogP contribution in [0.15, 0.2) is 48.5 Å². The molecule has 126 valence electrons. The Balaban J connectivity index is 1.72. The standard InChI is InChI=1S/C21H20N2O2/c1-14-6-3-4-9-18(14)21(24)23-10-11-25-20-17(13-23)12-16-8-5-7-15(2)19(16)22-20/h3-9,12H,10-11,13H2,1-2H3. The average Bonchev–Trinajstić information content (AvgIpc) is 2.82. The lowest BCUT2D eigenvalue weighted by molar-refractivity contribution is 0.0732. The monoisotopic (exact) mass is 332 g/mol. The van der Waals surface area contributed by atoms with Crippen molar-refractivity contribution in [3.8, 4) is 5.88 Å². The second-order valence-electron chi connectivity index (χ2n) is 6.49. The fraction of sp³-hybridized carbons (Fsp3) is 0.238. The van der Waals surface area contributed by atoms with Gasteiger partial charge in [-0.25, -0.2) is 4.98 Å². The first-order valence-corrected chi connectivity index (χ1v) is 8.50.